The van der Waals surface area contributed by atoms with E-state index in [0.29, 0.717) is 32.4 Å². The molecule has 0 bridgehead atoms. The minimum atomic E-state index is -3.56. The fraction of sp³-hybridized carbons (Fsp3) is 0.179. The van der Waals surface area contributed by atoms with E-state index in [1.807, 2.05) is 54.6 Å². The maximum atomic E-state index is 12.5. The number of carbonyl (C=O) groups is 1. The van der Waals surface area contributed by atoms with Crippen LogP contribution in [0.15, 0.2) is 102 Å². The van der Waals surface area contributed by atoms with Crippen LogP contribution in [-0.4, -0.2) is 20.9 Å². The van der Waals surface area contributed by atoms with Gasteiger partial charge in [-0.1, -0.05) is 84.9 Å². The van der Waals surface area contributed by atoms with Crippen molar-refractivity contribution >= 4 is 26.7 Å². The Labute approximate surface area is 200 Å². The highest BCUT2D eigenvalue weighted by Gasteiger charge is 2.13. The zero-order valence-electron chi connectivity index (χ0n) is 18.9. The molecule has 0 aliphatic rings. The summed E-state index contributed by atoms with van der Waals surface area (Å²) >= 11 is 0. The van der Waals surface area contributed by atoms with E-state index in [1.54, 1.807) is 24.3 Å². The second kappa shape index (κ2) is 11.1. The van der Waals surface area contributed by atoms with E-state index in [9.17, 15) is 13.2 Å². The Hall–Kier alpha value is -3.48. The van der Waals surface area contributed by atoms with Crippen LogP contribution in [0, 0.1) is 0 Å². The van der Waals surface area contributed by atoms with E-state index in [2.05, 4.69) is 28.2 Å². The van der Waals surface area contributed by atoms with Gasteiger partial charge in [0.25, 0.3) is 0 Å². The molecular formula is C28H28N2O3S. The van der Waals surface area contributed by atoms with Gasteiger partial charge < -0.3 is 5.32 Å². The topological polar surface area (TPSA) is 75.3 Å². The highest BCUT2D eigenvalue weighted by molar-refractivity contribution is 7.89. The second-order valence-electron chi connectivity index (χ2n) is 8.19. The van der Waals surface area contributed by atoms with E-state index in [4.69, 9.17) is 0 Å². The van der Waals surface area contributed by atoms with Gasteiger partial charge in [0, 0.05) is 19.5 Å². The van der Waals surface area contributed by atoms with Crippen LogP contribution < -0.4 is 10.0 Å². The fourth-order valence-corrected chi connectivity index (χ4v) is 4.91. The molecule has 4 rings (SSSR count). The highest BCUT2D eigenvalue weighted by Crippen LogP contribution is 2.18. The third kappa shape index (κ3) is 6.31. The predicted molar refractivity (Wildman–Crippen MR) is 136 cm³/mol. The Morgan fingerprint density at radius 3 is 2.18 bits per heavy atom. The number of fused-ring (bicyclic) bond motifs is 1. The molecule has 0 unspecified atom stereocenters. The summed E-state index contributed by atoms with van der Waals surface area (Å²) in [6.45, 7) is 0.816. The zero-order chi connectivity index (χ0) is 23.8. The second-order valence-corrected chi connectivity index (χ2v) is 9.96. The third-order valence-electron chi connectivity index (χ3n) is 5.78. The molecule has 5 nitrogen and oxygen atoms in total. The lowest BCUT2D eigenvalue weighted by molar-refractivity contribution is -0.121. The van der Waals surface area contributed by atoms with Gasteiger partial charge in [-0.05, 0) is 52.4 Å². The summed E-state index contributed by atoms with van der Waals surface area (Å²) in [5.74, 6) is -0.0350. The lowest BCUT2D eigenvalue weighted by atomic mass is 10.0. The summed E-state index contributed by atoms with van der Waals surface area (Å²) in [4.78, 5) is 12.6. The molecule has 0 saturated carbocycles. The quantitative estimate of drug-likeness (QED) is 0.354. The van der Waals surface area contributed by atoms with Gasteiger partial charge in [0.05, 0.1) is 4.90 Å². The van der Waals surface area contributed by atoms with Crippen molar-refractivity contribution in [3.63, 3.8) is 0 Å². The first-order valence-electron chi connectivity index (χ1n) is 11.4. The monoisotopic (exact) mass is 472 g/mol. The molecule has 174 valence electrons. The van der Waals surface area contributed by atoms with Crippen molar-refractivity contribution in [2.24, 2.45) is 0 Å². The van der Waals surface area contributed by atoms with Crippen molar-refractivity contribution in [2.45, 2.75) is 30.7 Å². The lowest BCUT2D eigenvalue weighted by Crippen LogP contribution is -2.26. The van der Waals surface area contributed by atoms with Gasteiger partial charge in [-0.25, -0.2) is 13.1 Å². The number of aryl methyl sites for hydroxylation is 1. The smallest absolute Gasteiger partial charge is 0.240 e. The van der Waals surface area contributed by atoms with Gasteiger partial charge in [-0.15, -0.1) is 0 Å². The summed E-state index contributed by atoms with van der Waals surface area (Å²) < 4.78 is 27.7. The number of amides is 1. The molecule has 0 radical (unpaired) electrons. The van der Waals surface area contributed by atoms with Crippen molar-refractivity contribution in [1.29, 1.82) is 0 Å². The van der Waals surface area contributed by atoms with Crippen LogP contribution in [0.4, 0.5) is 0 Å². The average molecular weight is 473 g/mol. The Morgan fingerprint density at radius 1 is 0.706 bits per heavy atom. The van der Waals surface area contributed by atoms with Gasteiger partial charge in [0.1, 0.15) is 0 Å². The molecule has 0 fully saturated rings. The van der Waals surface area contributed by atoms with Crippen LogP contribution in [0.2, 0.25) is 0 Å². The first kappa shape index (κ1) is 23.7. The van der Waals surface area contributed by atoms with Gasteiger partial charge >= 0.3 is 0 Å². The molecule has 0 aliphatic heterocycles. The number of hydrogen-bond donors (Lipinski definition) is 2. The van der Waals surface area contributed by atoms with Crippen molar-refractivity contribution < 1.29 is 13.2 Å². The number of rotatable bonds is 10. The normalized spacial score (nSPS) is 11.4. The molecular weight excluding hydrogens is 444 g/mol. The molecule has 0 aliphatic carbocycles. The highest BCUT2D eigenvalue weighted by atomic mass is 32.2. The van der Waals surface area contributed by atoms with E-state index in [1.165, 1.54) is 0 Å². The fourth-order valence-electron chi connectivity index (χ4n) is 3.88. The maximum absolute atomic E-state index is 12.5. The first-order valence-corrected chi connectivity index (χ1v) is 12.9. The standard InChI is InChI=1S/C28H28N2O3S/c31-28(29-21-25-11-6-10-24-9-4-5-12-27(24)25)18-15-23-13-16-26(17-14-23)34(32,33)30-20-19-22-7-2-1-3-8-22/h1-14,16-17,30H,15,18-21H2,(H,29,31). The Bertz CT molecular complexity index is 1350. The Morgan fingerprint density at radius 2 is 1.38 bits per heavy atom. The van der Waals surface area contributed by atoms with E-state index in [0.717, 1.165) is 27.5 Å². The number of nitrogens with one attached hydrogen (secondary N) is 2. The van der Waals surface area contributed by atoms with Crippen LogP contribution in [0.25, 0.3) is 10.8 Å². The van der Waals surface area contributed by atoms with Gasteiger partial charge in [-0.2, -0.15) is 0 Å². The summed E-state index contributed by atoms with van der Waals surface area (Å²) in [5, 5.41) is 5.28. The summed E-state index contributed by atoms with van der Waals surface area (Å²) in [5.41, 5.74) is 3.09. The van der Waals surface area contributed by atoms with E-state index >= 15 is 0 Å². The number of benzene rings is 4. The summed E-state index contributed by atoms with van der Waals surface area (Å²) in [7, 11) is -3.56. The molecule has 0 aromatic heterocycles. The number of carbonyl (C=O) groups excluding carboxylic acids is 1. The molecule has 0 atom stereocenters. The summed E-state index contributed by atoms with van der Waals surface area (Å²) in [6, 6.07) is 30.7. The molecule has 6 heteroatoms. The van der Waals surface area contributed by atoms with Crippen LogP contribution in [0.3, 0.4) is 0 Å². The molecule has 0 spiro atoms. The largest absolute Gasteiger partial charge is 0.352 e. The molecule has 1 amide bonds. The molecule has 2 N–H and O–H groups in total. The van der Waals surface area contributed by atoms with Crippen molar-refractivity contribution in [1.82, 2.24) is 10.0 Å². The van der Waals surface area contributed by atoms with Gasteiger partial charge in [0.15, 0.2) is 0 Å². The van der Waals surface area contributed by atoms with Crippen molar-refractivity contribution in [3.8, 4) is 0 Å². The van der Waals surface area contributed by atoms with Crippen LogP contribution in [0.1, 0.15) is 23.1 Å². The molecule has 0 saturated heterocycles. The lowest BCUT2D eigenvalue weighted by Gasteiger charge is -2.09. The minimum absolute atomic E-state index is 0.0350. The van der Waals surface area contributed by atoms with Crippen LogP contribution in [-0.2, 0) is 34.2 Å². The van der Waals surface area contributed by atoms with Crippen molar-refractivity contribution in [2.75, 3.05) is 6.54 Å². The Kier molecular flexibility index (Phi) is 7.72. The zero-order valence-corrected chi connectivity index (χ0v) is 19.7. The van der Waals surface area contributed by atoms with E-state index < -0.39 is 10.0 Å². The van der Waals surface area contributed by atoms with Gasteiger partial charge in [0.2, 0.25) is 15.9 Å². The maximum Gasteiger partial charge on any atom is 0.240 e. The first-order chi connectivity index (χ1) is 16.5. The Balaban J connectivity index is 1.25. The minimum Gasteiger partial charge on any atom is -0.352 e. The predicted octanol–water partition coefficient (Wildman–Crippen LogP) is 4.61. The SMILES string of the molecule is O=C(CCc1ccc(S(=O)(=O)NCCc2ccccc2)cc1)NCc1cccc2ccccc12. The molecule has 4 aromatic carbocycles. The number of hydrogen-bond acceptors (Lipinski definition) is 3. The van der Waals surface area contributed by atoms with E-state index in [-0.39, 0.29) is 10.8 Å². The van der Waals surface area contributed by atoms with Gasteiger partial charge in [-0.3, -0.25) is 4.79 Å². The van der Waals surface area contributed by atoms with Crippen LogP contribution in [0.5, 0.6) is 0 Å². The molecule has 4 aromatic rings. The third-order valence-corrected chi connectivity index (χ3v) is 7.26. The summed E-state index contributed by atoms with van der Waals surface area (Å²) in [6.07, 6.45) is 1.52. The van der Waals surface area contributed by atoms with Crippen LogP contribution >= 0.6 is 0 Å². The van der Waals surface area contributed by atoms with Crippen molar-refractivity contribution in [3.05, 3.63) is 114 Å². The molecule has 34 heavy (non-hydrogen) atoms. The number of sulfonamides is 1. The molecule has 0 heterocycles. The average Bonchev–Trinajstić information content (AvgIpc) is 2.87.